The predicted molar refractivity (Wildman–Crippen MR) is 111 cm³/mol. The molecule has 5 rings (SSSR count). The minimum absolute atomic E-state index is 0.119. The standard InChI is InChI=1S/C25H37NO3/c1-4-17-5-6-19-18-7-10-24(16-26)15-25(27,21-28-13-14-29-21)12-11-23(24,3)20(18)8-9-22(17,19)2/h17,19,21,27H,4-15H2,1-3H3/t17-,19-,22+,23+,24+,25?/m0/s1. The molecule has 1 unspecified atom stereocenters. The number of allylic oxidation sites excluding steroid dienone is 2. The number of hydrogen-bond donors (Lipinski definition) is 1. The van der Waals surface area contributed by atoms with Gasteiger partial charge in [-0.2, -0.15) is 5.26 Å². The summed E-state index contributed by atoms with van der Waals surface area (Å²) in [5.41, 5.74) is 2.10. The van der Waals surface area contributed by atoms with E-state index in [-0.39, 0.29) is 5.41 Å². The number of aliphatic hydroxyl groups is 1. The minimum Gasteiger partial charge on any atom is -0.385 e. The molecular formula is C25H37NO3. The third-order valence-corrected chi connectivity index (χ3v) is 10.2. The molecule has 0 aromatic rings. The molecule has 0 amide bonds. The zero-order valence-electron chi connectivity index (χ0n) is 18.4. The van der Waals surface area contributed by atoms with E-state index in [0.717, 1.165) is 31.6 Å². The molecule has 0 aromatic carbocycles. The molecule has 0 spiro atoms. The van der Waals surface area contributed by atoms with Gasteiger partial charge in [0.25, 0.3) is 0 Å². The summed E-state index contributed by atoms with van der Waals surface area (Å²) in [6.45, 7) is 8.33. The summed E-state index contributed by atoms with van der Waals surface area (Å²) in [6.07, 6.45) is 9.75. The van der Waals surface area contributed by atoms with Crippen molar-refractivity contribution in [1.82, 2.24) is 0 Å². The van der Waals surface area contributed by atoms with Crippen molar-refractivity contribution in [1.29, 1.82) is 5.26 Å². The summed E-state index contributed by atoms with van der Waals surface area (Å²) in [4.78, 5) is 0. The van der Waals surface area contributed by atoms with Crippen molar-refractivity contribution >= 4 is 0 Å². The van der Waals surface area contributed by atoms with Crippen LogP contribution in [0.3, 0.4) is 0 Å². The van der Waals surface area contributed by atoms with Crippen molar-refractivity contribution in [2.75, 3.05) is 13.2 Å². The monoisotopic (exact) mass is 399 g/mol. The zero-order valence-corrected chi connectivity index (χ0v) is 18.4. The van der Waals surface area contributed by atoms with Crippen LogP contribution in [0.15, 0.2) is 11.1 Å². The van der Waals surface area contributed by atoms with Gasteiger partial charge in [-0.15, -0.1) is 0 Å². The van der Waals surface area contributed by atoms with Crippen LogP contribution in [0.25, 0.3) is 0 Å². The average molecular weight is 400 g/mol. The van der Waals surface area contributed by atoms with Gasteiger partial charge in [-0.1, -0.05) is 38.3 Å². The summed E-state index contributed by atoms with van der Waals surface area (Å²) >= 11 is 0. The van der Waals surface area contributed by atoms with Crippen molar-refractivity contribution in [3.8, 4) is 6.07 Å². The lowest BCUT2D eigenvalue weighted by atomic mass is 9.44. The average Bonchev–Trinajstić information content (AvgIpc) is 3.36. The number of rotatable bonds is 2. The molecule has 4 heteroatoms. The molecule has 3 fully saturated rings. The van der Waals surface area contributed by atoms with Gasteiger partial charge in [-0.3, -0.25) is 0 Å². The molecule has 0 radical (unpaired) electrons. The Labute approximate surface area is 175 Å². The molecule has 4 nitrogen and oxygen atoms in total. The quantitative estimate of drug-likeness (QED) is 0.655. The Morgan fingerprint density at radius 3 is 2.52 bits per heavy atom. The van der Waals surface area contributed by atoms with Gasteiger partial charge in [0.05, 0.1) is 24.7 Å². The number of fused-ring (bicyclic) bond motifs is 4. The maximum absolute atomic E-state index is 11.5. The van der Waals surface area contributed by atoms with Crippen LogP contribution < -0.4 is 0 Å². The van der Waals surface area contributed by atoms with E-state index >= 15 is 0 Å². The summed E-state index contributed by atoms with van der Waals surface area (Å²) in [6, 6.07) is 2.76. The summed E-state index contributed by atoms with van der Waals surface area (Å²) in [5.74, 6) is 1.57. The SMILES string of the molecule is CC[C@H]1CC[C@H]2C3=C(CC[C@]12C)[C@@]1(C)CCC(O)(C2OCCO2)C[C@@]1(C#N)CC3. The van der Waals surface area contributed by atoms with Crippen molar-refractivity contribution in [3.63, 3.8) is 0 Å². The fraction of sp³-hybridized carbons (Fsp3) is 0.880. The van der Waals surface area contributed by atoms with Crippen molar-refractivity contribution < 1.29 is 14.6 Å². The maximum Gasteiger partial charge on any atom is 0.186 e. The van der Waals surface area contributed by atoms with Gasteiger partial charge in [-0.25, -0.2) is 0 Å². The Hall–Kier alpha value is -0.890. The second-order valence-electron chi connectivity index (χ2n) is 11.1. The molecule has 6 atom stereocenters. The van der Waals surface area contributed by atoms with Crippen LogP contribution in [0.1, 0.15) is 85.0 Å². The highest BCUT2D eigenvalue weighted by Crippen LogP contribution is 2.69. The van der Waals surface area contributed by atoms with Gasteiger partial charge in [0.15, 0.2) is 6.29 Å². The fourth-order valence-corrected chi connectivity index (χ4v) is 8.41. The molecule has 29 heavy (non-hydrogen) atoms. The Morgan fingerprint density at radius 1 is 1.07 bits per heavy atom. The Morgan fingerprint density at radius 2 is 1.83 bits per heavy atom. The summed E-state index contributed by atoms with van der Waals surface area (Å²) in [5, 5.41) is 21.9. The Kier molecular flexibility index (Phi) is 4.53. The van der Waals surface area contributed by atoms with E-state index in [4.69, 9.17) is 9.47 Å². The van der Waals surface area contributed by atoms with E-state index in [1.54, 1.807) is 11.1 Å². The van der Waals surface area contributed by atoms with E-state index in [0.29, 0.717) is 37.4 Å². The van der Waals surface area contributed by atoms with E-state index < -0.39 is 17.3 Å². The number of ether oxygens (including phenoxy) is 2. The molecule has 5 aliphatic rings. The zero-order chi connectivity index (χ0) is 20.5. The van der Waals surface area contributed by atoms with Gasteiger partial charge in [0.1, 0.15) is 5.60 Å². The van der Waals surface area contributed by atoms with Gasteiger partial charge in [-0.05, 0) is 68.6 Å². The molecule has 4 aliphatic carbocycles. The first kappa shape index (κ1) is 20.0. The van der Waals surface area contributed by atoms with Crippen LogP contribution in [0, 0.1) is 39.4 Å². The summed E-state index contributed by atoms with van der Waals surface area (Å²) in [7, 11) is 0. The second-order valence-corrected chi connectivity index (χ2v) is 11.1. The molecule has 2 saturated carbocycles. The highest BCUT2D eigenvalue weighted by molar-refractivity contribution is 5.39. The lowest BCUT2D eigenvalue weighted by Crippen LogP contribution is -2.58. The first-order valence-corrected chi connectivity index (χ1v) is 11.9. The normalized spacial score (nSPS) is 50.0. The van der Waals surface area contributed by atoms with Crippen LogP contribution in [0.2, 0.25) is 0 Å². The van der Waals surface area contributed by atoms with Gasteiger partial charge < -0.3 is 14.6 Å². The molecule has 1 aliphatic heterocycles. The van der Waals surface area contributed by atoms with Crippen molar-refractivity contribution in [2.45, 2.75) is 96.9 Å². The third kappa shape index (κ3) is 2.54. The Balaban J connectivity index is 1.52. The molecule has 1 N–H and O–H groups in total. The lowest BCUT2D eigenvalue weighted by molar-refractivity contribution is -0.220. The predicted octanol–water partition coefficient (Wildman–Crippen LogP) is 5.12. The van der Waals surface area contributed by atoms with Crippen LogP contribution in [0.5, 0.6) is 0 Å². The highest BCUT2D eigenvalue weighted by atomic mass is 16.7. The largest absolute Gasteiger partial charge is 0.385 e. The Bertz CT molecular complexity index is 765. The number of hydrogen-bond acceptors (Lipinski definition) is 4. The highest BCUT2D eigenvalue weighted by Gasteiger charge is 2.64. The van der Waals surface area contributed by atoms with Crippen LogP contribution in [-0.4, -0.2) is 30.2 Å². The van der Waals surface area contributed by atoms with Gasteiger partial charge in [0, 0.05) is 11.8 Å². The number of nitriles is 1. The fourth-order valence-electron chi connectivity index (χ4n) is 8.41. The van der Waals surface area contributed by atoms with Gasteiger partial charge in [0.2, 0.25) is 0 Å². The minimum atomic E-state index is -1.03. The lowest BCUT2D eigenvalue weighted by Gasteiger charge is -2.60. The first-order valence-electron chi connectivity index (χ1n) is 11.9. The third-order valence-electron chi connectivity index (χ3n) is 10.2. The second kappa shape index (κ2) is 6.55. The molecule has 1 saturated heterocycles. The number of nitrogens with zero attached hydrogens (tertiary/aromatic N) is 1. The van der Waals surface area contributed by atoms with E-state index in [2.05, 4.69) is 26.8 Å². The van der Waals surface area contributed by atoms with Gasteiger partial charge >= 0.3 is 0 Å². The molecule has 1 heterocycles. The first-order chi connectivity index (χ1) is 13.8. The topological polar surface area (TPSA) is 62.5 Å². The maximum atomic E-state index is 11.5. The summed E-state index contributed by atoms with van der Waals surface area (Å²) < 4.78 is 11.4. The smallest absolute Gasteiger partial charge is 0.186 e. The van der Waals surface area contributed by atoms with E-state index in [9.17, 15) is 10.4 Å². The molecular weight excluding hydrogens is 362 g/mol. The molecule has 0 aromatic heterocycles. The van der Waals surface area contributed by atoms with Crippen LogP contribution in [0.4, 0.5) is 0 Å². The van der Waals surface area contributed by atoms with Crippen molar-refractivity contribution in [2.24, 2.45) is 28.1 Å². The molecule has 160 valence electrons. The van der Waals surface area contributed by atoms with Crippen LogP contribution >= 0.6 is 0 Å². The van der Waals surface area contributed by atoms with Crippen molar-refractivity contribution in [3.05, 3.63) is 11.1 Å². The van der Waals surface area contributed by atoms with E-state index in [1.807, 2.05) is 0 Å². The van der Waals surface area contributed by atoms with E-state index in [1.165, 1.54) is 25.7 Å². The molecule has 0 bridgehead atoms. The van der Waals surface area contributed by atoms with Crippen LogP contribution in [-0.2, 0) is 9.47 Å².